The summed E-state index contributed by atoms with van der Waals surface area (Å²) in [7, 11) is 0. The lowest BCUT2D eigenvalue weighted by Gasteiger charge is -2.17. The molecule has 1 aromatic rings. The van der Waals surface area contributed by atoms with Crippen molar-refractivity contribution in [2.24, 2.45) is 0 Å². The van der Waals surface area contributed by atoms with E-state index in [-0.39, 0.29) is 6.03 Å². The number of halogens is 1. The predicted molar refractivity (Wildman–Crippen MR) is 75.2 cm³/mol. The first-order valence-electron chi connectivity index (χ1n) is 6.21. The normalized spacial score (nSPS) is 16.4. The maximum atomic E-state index is 11.3. The van der Waals surface area contributed by atoms with Crippen LogP contribution in [0.2, 0.25) is 0 Å². The second kappa shape index (κ2) is 6.25. The summed E-state index contributed by atoms with van der Waals surface area (Å²) in [6, 6.07) is 5.47. The first kappa shape index (κ1) is 14.1. The maximum absolute atomic E-state index is 11.3. The minimum absolute atomic E-state index is 0.0462. The average molecular weight is 329 g/mol. The van der Waals surface area contributed by atoms with Crippen LogP contribution in [0.1, 0.15) is 18.6 Å². The third-order valence-corrected chi connectivity index (χ3v) is 3.48. The summed E-state index contributed by atoms with van der Waals surface area (Å²) in [5, 5.41) is 12.4. The molecule has 0 aliphatic carbocycles. The zero-order valence-electron chi connectivity index (χ0n) is 10.7. The molecule has 6 heteroatoms. The number of ether oxygens (including phenoxy) is 1. The van der Waals surface area contributed by atoms with E-state index in [0.29, 0.717) is 32.0 Å². The molecule has 0 radical (unpaired) electrons. The molecule has 5 nitrogen and oxygen atoms in total. The van der Waals surface area contributed by atoms with E-state index in [0.717, 1.165) is 10.0 Å². The molecule has 1 fully saturated rings. The zero-order valence-corrected chi connectivity index (χ0v) is 12.3. The second-order valence-corrected chi connectivity index (χ2v) is 5.34. The molecule has 104 valence electrons. The van der Waals surface area contributed by atoms with Gasteiger partial charge in [-0.05, 0) is 25.1 Å². The number of carbonyl (C=O) groups excluding carboxylic acids is 1. The van der Waals surface area contributed by atoms with Gasteiger partial charge in [-0.15, -0.1) is 0 Å². The van der Waals surface area contributed by atoms with Gasteiger partial charge in [0.2, 0.25) is 0 Å². The third-order valence-electron chi connectivity index (χ3n) is 2.99. The molecule has 2 amide bonds. The third kappa shape index (κ3) is 3.61. The van der Waals surface area contributed by atoms with Gasteiger partial charge in [-0.2, -0.15) is 0 Å². The van der Waals surface area contributed by atoms with E-state index < -0.39 is 6.10 Å². The quantitative estimate of drug-likeness (QED) is 0.867. The number of aliphatic hydroxyl groups is 1. The van der Waals surface area contributed by atoms with Crippen LogP contribution in [-0.2, 0) is 0 Å². The molecule has 1 aromatic carbocycles. The lowest BCUT2D eigenvalue weighted by atomic mass is 10.1. The van der Waals surface area contributed by atoms with Crippen molar-refractivity contribution < 1.29 is 14.6 Å². The van der Waals surface area contributed by atoms with Crippen molar-refractivity contribution in [2.75, 3.05) is 26.2 Å². The van der Waals surface area contributed by atoms with Crippen molar-refractivity contribution in [1.82, 2.24) is 10.2 Å². The fourth-order valence-electron chi connectivity index (χ4n) is 1.97. The van der Waals surface area contributed by atoms with Crippen LogP contribution < -0.4 is 10.1 Å². The molecule has 0 spiro atoms. The highest BCUT2D eigenvalue weighted by molar-refractivity contribution is 9.10. The number of hydrogen-bond acceptors (Lipinski definition) is 3. The molecule has 0 saturated carbocycles. The van der Waals surface area contributed by atoms with Crippen molar-refractivity contribution >= 4 is 22.0 Å². The molecular weight excluding hydrogens is 312 g/mol. The fraction of sp³-hybridized carbons (Fsp3) is 0.462. The minimum atomic E-state index is -0.595. The number of aliphatic hydroxyl groups excluding tert-OH is 1. The molecule has 1 heterocycles. The lowest BCUT2D eigenvalue weighted by Crippen LogP contribution is -2.31. The van der Waals surface area contributed by atoms with Crippen molar-refractivity contribution in [3.8, 4) is 5.75 Å². The summed E-state index contributed by atoms with van der Waals surface area (Å²) in [4.78, 5) is 13.1. The molecule has 1 aliphatic rings. The first-order chi connectivity index (χ1) is 9.08. The Balaban J connectivity index is 1.93. The van der Waals surface area contributed by atoms with Gasteiger partial charge in [0, 0.05) is 23.1 Å². The van der Waals surface area contributed by atoms with E-state index in [9.17, 15) is 9.90 Å². The van der Waals surface area contributed by atoms with Crippen LogP contribution in [-0.4, -0.2) is 42.3 Å². The molecule has 1 aliphatic heterocycles. The molecule has 2 rings (SSSR count). The second-order valence-electron chi connectivity index (χ2n) is 4.43. The molecule has 0 bridgehead atoms. The molecule has 2 N–H and O–H groups in total. The Morgan fingerprint density at radius 2 is 2.37 bits per heavy atom. The highest BCUT2D eigenvalue weighted by atomic mass is 79.9. The lowest BCUT2D eigenvalue weighted by molar-refractivity contribution is 0.184. The number of carbonyl (C=O) groups is 1. The van der Waals surface area contributed by atoms with Crippen molar-refractivity contribution in [3.05, 3.63) is 28.2 Å². The zero-order chi connectivity index (χ0) is 13.8. The van der Waals surface area contributed by atoms with Gasteiger partial charge in [-0.1, -0.05) is 15.9 Å². The topological polar surface area (TPSA) is 61.8 Å². The van der Waals surface area contributed by atoms with E-state index >= 15 is 0 Å². The van der Waals surface area contributed by atoms with Gasteiger partial charge in [-0.3, -0.25) is 0 Å². The highest BCUT2D eigenvalue weighted by Gasteiger charge is 2.19. The summed E-state index contributed by atoms with van der Waals surface area (Å²) in [6.45, 7) is 4.06. The first-order valence-corrected chi connectivity index (χ1v) is 7.00. The monoisotopic (exact) mass is 328 g/mol. The van der Waals surface area contributed by atoms with Gasteiger partial charge >= 0.3 is 6.03 Å². The SMILES string of the molecule is C[C@H](O)c1cc(Br)ccc1OCCN1CCNC1=O. The summed E-state index contributed by atoms with van der Waals surface area (Å²) in [5.41, 5.74) is 0.736. The Morgan fingerprint density at radius 1 is 1.58 bits per heavy atom. The van der Waals surface area contributed by atoms with Gasteiger partial charge in [0.05, 0.1) is 12.6 Å². The summed E-state index contributed by atoms with van der Waals surface area (Å²) in [5.74, 6) is 0.651. The van der Waals surface area contributed by atoms with Gasteiger partial charge in [0.15, 0.2) is 0 Å². The summed E-state index contributed by atoms with van der Waals surface area (Å²) in [6.07, 6.45) is -0.595. The standard InChI is InChI=1S/C13H17BrN2O3/c1-9(17)11-8-10(14)2-3-12(11)19-7-6-16-5-4-15-13(16)18/h2-3,8-9,17H,4-7H2,1H3,(H,15,18)/t9-/m0/s1. The van der Waals surface area contributed by atoms with Crippen LogP contribution in [0.25, 0.3) is 0 Å². The number of rotatable bonds is 5. The van der Waals surface area contributed by atoms with Gasteiger partial charge in [-0.25, -0.2) is 4.79 Å². The summed E-state index contributed by atoms with van der Waals surface area (Å²) >= 11 is 3.37. The number of amides is 2. The Bertz CT molecular complexity index is 465. The van der Waals surface area contributed by atoms with Crippen LogP contribution in [0.4, 0.5) is 4.79 Å². The van der Waals surface area contributed by atoms with Gasteiger partial charge < -0.3 is 20.1 Å². The largest absolute Gasteiger partial charge is 0.491 e. The number of urea groups is 1. The van der Waals surface area contributed by atoms with Gasteiger partial charge in [0.1, 0.15) is 12.4 Å². The number of benzene rings is 1. The number of nitrogens with one attached hydrogen (secondary N) is 1. The Morgan fingerprint density at radius 3 is 3.00 bits per heavy atom. The molecule has 1 saturated heterocycles. The fourth-order valence-corrected chi connectivity index (χ4v) is 2.35. The minimum Gasteiger partial charge on any atom is -0.491 e. The van der Waals surface area contributed by atoms with Crippen molar-refractivity contribution in [3.63, 3.8) is 0 Å². The smallest absolute Gasteiger partial charge is 0.317 e. The maximum Gasteiger partial charge on any atom is 0.317 e. The van der Waals surface area contributed by atoms with Crippen LogP contribution in [0, 0.1) is 0 Å². The Kier molecular flexibility index (Phi) is 4.66. The molecule has 1 atom stereocenters. The summed E-state index contributed by atoms with van der Waals surface area (Å²) < 4.78 is 6.56. The molecule has 19 heavy (non-hydrogen) atoms. The van der Waals surface area contributed by atoms with Crippen LogP contribution in [0.5, 0.6) is 5.75 Å². The predicted octanol–water partition coefficient (Wildman–Crippen LogP) is 1.91. The van der Waals surface area contributed by atoms with Crippen molar-refractivity contribution in [2.45, 2.75) is 13.0 Å². The highest BCUT2D eigenvalue weighted by Crippen LogP contribution is 2.28. The van der Waals surface area contributed by atoms with E-state index in [4.69, 9.17) is 4.74 Å². The molecule has 0 unspecified atom stereocenters. The van der Waals surface area contributed by atoms with Crippen molar-refractivity contribution in [1.29, 1.82) is 0 Å². The van der Waals surface area contributed by atoms with Crippen LogP contribution in [0.3, 0.4) is 0 Å². The van der Waals surface area contributed by atoms with E-state index in [1.807, 2.05) is 18.2 Å². The van der Waals surface area contributed by atoms with Crippen LogP contribution in [0.15, 0.2) is 22.7 Å². The van der Waals surface area contributed by atoms with E-state index in [2.05, 4.69) is 21.2 Å². The molecular formula is C13H17BrN2O3. The van der Waals surface area contributed by atoms with Gasteiger partial charge in [0.25, 0.3) is 0 Å². The Hall–Kier alpha value is -1.27. The number of hydrogen-bond donors (Lipinski definition) is 2. The van der Waals surface area contributed by atoms with E-state index in [1.54, 1.807) is 11.8 Å². The average Bonchev–Trinajstić information content (AvgIpc) is 2.77. The molecule has 0 aromatic heterocycles. The van der Waals surface area contributed by atoms with E-state index in [1.165, 1.54) is 0 Å². The van der Waals surface area contributed by atoms with Crippen LogP contribution >= 0.6 is 15.9 Å². The Labute approximate surface area is 120 Å². The number of nitrogens with zero attached hydrogens (tertiary/aromatic N) is 1.